The Morgan fingerprint density at radius 1 is 1.09 bits per heavy atom. The predicted octanol–water partition coefficient (Wildman–Crippen LogP) is 3.11. The molecule has 1 aliphatic rings. The molecule has 0 bridgehead atoms. The second kappa shape index (κ2) is 4.82. The number of carbonyl (C=O) groups is 2. The number of aryl methyl sites for hydroxylation is 1. The minimum atomic E-state index is -0.450. The zero-order chi connectivity index (χ0) is 16.1. The number of oxazole rings is 1. The van der Waals surface area contributed by atoms with Crippen LogP contribution in [0, 0.1) is 6.92 Å². The third-order valence-corrected chi connectivity index (χ3v) is 4.08. The van der Waals surface area contributed by atoms with E-state index in [2.05, 4.69) is 4.98 Å². The van der Waals surface area contributed by atoms with E-state index in [4.69, 9.17) is 16.6 Å². The van der Waals surface area contributed by atoms with Gasteiger partial charge in [0.15, 0.2) is 10.6 Å². The summed E-state index contributed by atoms with van der Waals surface area (Å²) in [6.45, 7) is 1.94. The van der Waals surface area contributed by atoms with E-state index in [0.29, 0.717) is 22.2 Å². The van der Waals surface area contributed by atoms with Gasteiger partial charge in [-0.05, 0) is 36.8 Å². The fourth-order valence-corrected chi connectivity index (χ4v) is 2.85. The van der Waals surface area contributed by atoms with Gasteiger partial charge in [0.2, 0.25) is 0 Å². The molecule has 0 saturated heterocycles. The summed E-state index contributed by atoms with van der Waals surface area (Å²) < 4.78 is 5.59. The van der Waals surface area contributed by atoms with Crippen LogP contribution in [0.2, 0.25) is 0 Å². The summed E-state index contributed by atoms with van der Waals surface area (Å²) in [5.74, 6) is -0.807. The minimum absolute atomic E-state index is 0.0231. The van der Waals surface area contributed by atoms with Crippen molar-refractivity contribution in [1.82, 2.24) is 9.88 Å². The van der Waals surface area contributed by atoms with Crippen LogP contribution in [0.15, 0.2) is 46.9 Å². The van der Waals surface area contributed by atoms with Crippen molar-refractivity contribution < 1.29 is 14.0 Å². The summed E-state index contributed by atoms with van der Waals surface area (Å²) >= 11 is 5.28. The van der Waals surface area contributed by atoms with Gasteiger partial charge < -0.3 is 4.42 Å². The van der Waals surface area contributed by atoms with E-state index < -0.39 is 11.8 Å². The van der Waals surface area contributed by atoms with E-state index in [1.165, 1.54) is 0 Å². The molecular weight excluding hydrogens is 312 g/mol. The van der Waals surface area contributed by atoms with Crippen molar-refractivity contribution >= 4 is 40.1 Å². The Morgan fingerprint density at radius 2 is 1.74 bits per heavy atom. The van der Waals surface area contributed by atoms with Gasteiger partial charge in [0, 0.05) is 0 Å². The van der Waals surface area contributed by atoms with Gasteiger partial charge in [-0.2, -0.15) is 0 Å². The maximum Gasteiger partial charge on any atom is 0.266 e. The first-order valence-electron chi connectivity index (χ1n) is 6.95. The normalized spacial score (nSPS) is 13.7. The van der Waals surface area contributed by atoms with Gasteiger partial charge in [-0.3, -0.25) is 9.59 Å². The molecule has 4 rings (SSSR count). The monoisotopic (exact) mass is 322 g/mol. The molecule has 0 N–H and O–H groups in total. The molecule has 2 aromatic carbocycles. The zero-order valence-electron chi connectivity index (χ0n) is 12.1. The fourth-order valence-electron chi connectivity index (χ4n) is 2.60. The Kier molecular flexibility index (Phi) is 2.89. The molecule has 23 heavy (non-hydrogen) atoms. The molecule has 5 nitrogen and oxygen atoms in total. The van der Waals surface area contributed by atoms with Crippen LogP contribution in [0.5, 0.6) is 0 Å². The van der Waals surface area contributed by atoms with E-state index in [1.807, 2.05) is 19.1 Å². The molecule has 0 aliphatic carbocycles. The average molecular weight is 322 g/mol. The van der Waals surface area contributed by atoms with Crippen LogP contribution in [0.3, 0.4) is 0 Å². The molecule has 3 aromatic rings. The number of fused-ring (bicyclic) bond motifs is 2. The number of rotatable bonds is 1. The van der Waals surface area contributed by atoms with Crippen molar-refractivity contribution in [3.8, 4) is 0 Å². The predicted molar refractivity (Wildman–Crippen MR) is 87.4 cm³/mol. The fraction of sp³-hybridized carbons (Fsp3) is 0.0588. The molecule has 0 saturated carbocycles. The molecule has 0 fully saturated rings. The number of imide groups is 1. The largest absolute Gasteiger partial charge is 0.434 e. The van der Waals surface area contributed by atoms with Crippen LogP contribution in [0.1, 0.15) is 32.2 Å². The lowest BCUT2D eigenvalue weighted by Gasteiger charge is -2.11. The maximum atomic E-state index is 12.4. The van der Waals surface area contributed by atoms with Gasteiger partial charge >= 0.3 is 0 Å². The van der Waals surface area contributed by atoms with Crippen molar-refractivity contribution in [2.75, 3.05) is 0 Å². The Balaban J connectivity index is 1.77. The topological polar surface area (TPSA) is 63.4 Å². The molecule has 0 atom stereocenters. The van der Waals surface area contributed by atoms with Crippen molar-refractivity contribution in [2.24, 2.45) is 0 Å². The van der Waals surface area contributed by atoms with Gasteiger partial charge in [-0.15, -0.1) is 0 Å². The van der Waals surface area contributed by atoms with Crippen LogP contribution in [0.25, 0.3) is 11.1 Å². The number of nitrogens with zero attached hydrogens (tertiary/aromatic N) is 2. The van der Waals surface area contributed by atoms with Crippen molar-refractivity contribution in [3.05, 3.63) is 65.0 Å². The van der Waals surface area contributed by atoms with Crippen molar-refractivity contribution in [2.45, 2.75) is 6.92 Å². The highest BCUT2D eigenvalue weighted by molar-refractivity contribution is 7.80. The lowest BCUT2D eigenvalue weighted by molar-refractivity contribution is 0.0750. The first-order chi connectivity index (χ1) is 11.1. The third kappa shape index (κ3) is 1.99. The van der Waals surface area contributed by atoms with Crippen LogP contribution in [-0.2, 0) is 0 Å². The molecule has 1 aromatic heterocycles. The summed E-state index contributed by atoms with van der Waals surface area (Å²) in [5.41, 5.74) is 2.91. The molecule has 2 amide bonds. The van der Waals surface area contributed by atoms with Gasteiger partial charge in [-0.25, -0.2) is 9.88 Å². The van der Waals surface area contributed by atoms with Gasteiger partial charge in [0.1, 0.15) is 5.52 Å². The SMILES string of the molecule is Cc1ccc2oc(C(=S)N3C(=O)c4ccccc4C3=O)nc2c1. The number of hydrogen-bond donors (Lipinski definition) is 0. The van der Waals surface area contributed by atoms with Gasteiger partial charge in [0.05, 0.1) is 11.1 Å². The van der Waals surface area contributed by atoms with E-state index in [1.54, 1.807) is 30.3 Å². The summed E-state index contributed by atoms with van der Waals surface area (Å²) in [4.78, 5) is 30.1. The molecule has 0 radical (unpaired) electrons. The average Bonchev–Trinajstić information content (AvgIpc) is 3.07. The molecular formula is C17H10N2O3S. The van der Waals surface area contributed by atoms with Crippen molar-refractivity contribution in [3.63, 3.8) is 0 Å². The van der Waals surface area contributed by atoms with Gasteiger partial charge in [0.25, 0.3) is 17.7 Å². The van der Waals surface area contributed by atoms with Crippen LogP contribution in [0.4, 0.5) is 0 Å². The minimum Gasteiger partial charge on any atom is -0.434 e. The first-order valence-corrected chi connectivity index (χ1v) is 7.36. The number of thiocarbonyl (C=S) groups is 1. The number of aromatic nitrogens is 1. The molecule has 0 spiro atoms. The number of benzene rings is 2. The Hall–Kier alpha value is -2.86. The zero-order valence-corrected chi connectivity index (χ0v) is 12.9. The van der Waals surface area contributed by atoms with E-state index in [0.717, 1.165) is 10.5 Å². The summed E-state index contributed by atoms with van der Waals surface area (Å²) in [6, 6.07) is 12.2. The quantitative estimate of drug-likeness (QED) is 0.509. The van der Waals surface area contributed by atoms with E-state index in [-0.39, 0.29) is 10.9 Å². The molecule has 0 unspecified atom stereocenters. The highest BCUT2D eigenvalue weighted by Crippen LogP contribution is 2.26. The lowest BCUT2D eigenvalue weighted by atomic mass is 10.1. The smallest absolute Gasteiger partial charge is 0.266 e. The highest BCUT2D eigenvalue weighted by Gasteiger charge is 2.39. The maximum absolute atomic E-state index is 12.4. The second-order valence-corrected chi connectivity index (χ2v) is 5.67. The first kappa shape index (κ1) is 13.8. The van der Waals surface area contributed by atoms with Crippen LogP contribution in [-0.4, -0.2) is 26.7 Å². The Labute approximate surface area is 136 Å². The summed E-state index contributed by atoms with van der Waals surface area (Å²) in [6.07, 6.45) is 0. The Bertz CT molecular complexity index is 971. The summed E-state index contributed by atoms with van der Waals surface area (Å²) in [5, 5.41) is 0. The lowest BCUT2D eigenvalue weighted by Crippen LogP contribution is -2.35. The number of hydrogen-bond acceptors (Lipinski definition) is 5. The second-order valence-electron chi connectivity index (χ2n) is 5.29. The van der Waals surface area contributed by atoms with E-state index >= 15 is 0 Å². The number of amides is 2. The van der Waals surface area contributed by atoms with E-state index in [9.17, 15) is 9.59 Å². The molecule has 2 heterocycles. The molecule has 1 aliphatic heterocycles. The van der Waals surface area contributed by atoms with Crippen molar-refractivity contribution in [1.29, 1.82) is 0 Å². The molecule has 6 heteroatoms. The van der Waals surface area contributed by atoms with Crippen LogP contribution >= 0.6 is 12.2 Å². The summed E-state index contributed by atoms with van der Waals surface area (Å²) in [7, 11) is 0. The van der Waals surface area contributed by atoms with Gasteiger partial charge in [-0.1, -0.05) is 30.4 Å². The molecule has 112 valence electrons. The van der Waals surface area contributed by atoms with Crippen LogP contribution < -0.4 is 0 Å². The Morgan fingerprint density at radius 3 is 2.39 bits per heavy atom. The third-order valence-electron chi connectivity index (χ3n) is 3.72. The standard InChI is InChI=1S/C17H10N2O3S/c1-9-6-7-13-12(8-9)18-14(22-13)17(23)19-15(20)10-4-2-3-5-11(10)16(19)21/h2-8H,1H3. The number of carbonyl (C=O) groups excluding carboxylic acids is 2. The highest BCUT2D eigenvalue weighted by atomic mass is 32.1.